The summed E-state index contributed by atoms with van der Waals surface area (Å²) in [5.74, 6) is 0. The maximum absolute atomic E-state index is 4.41. The van der Waals surface area contributed by atoms with E-state index in [-0.39, 0.29) is 0 Å². The van der Waals surface area contributed by atoms with Crippen LogP contribution in [-0.2, 0) is 0 Å². The summed E-state index contributed by atoms with van der Waals surface area (Å²) in [6.45, 7) is 0. The van der Waals surface area contributed by atoms with Crippen molar-refractivity contribution in [2.45, 2.75) is 9.79 Å². The molecule has 0 nitrogen and oxygen atoms in total. The van der Waals surface area contributed by atoms with Crippen molar-refractivity contribution in [3.8, 4) is 11.1 Å². The summed E-state index contributed by atoms with van der Waals surface area (Å²) >= 11 is 8.49. The fourth-order valence-electron chi connectivity index (χ4n) is 1.76. The normalized spacial score (nSPS) is 9.50. The zero-order valence-corrected chi connectivity index (χ0v) is 12.8. The van der Waals surface area contributed by atoms with Crippen LogP contribution in [0.2, 0.25) is 0 Å². The predicted octanol–water partition coefficient (Wildman–Crippen LogP) is 5.62. The molecule has 0 spiro atoms. The Labute approximate surface area is 131 Å². The zero-order chi connectivity index (χ0) is 14.2. The van der Waals surface area contributed by atoms with Crippen molar-refractivity contribution in [1.29, 1.82) is 0 Å². The Bertz CT molecular complexity index is 634. The summed E-state index contributed by atoms with van der Waals surface area (Å²) in [4.78, 5) is 2.04. The molecule has 0 amide bonds. The molecule has 0 aliphatic heterocycles. The quantitative estimate of drug-likeness (QED) is 0.535. The molecule has 3 aromatic rings. The second-order valence-corrected chi connectivity index (χ2v) is 5.22. The molecule has 0 fully saturated rings. The molecule has 0 bridgehead atoms. The lowest BCUT2D eigenvalue weighted by atomic mass is 10.1. The Kier molecular flexibility index (Phi) is 5.78. The molecule has 0 N–H and O–H groups in total. The number of rotatable bonds is 1. The van der Waals surface area contributed by atoms with E-state index < -0.39 is 0 Å². The smallest absolute Gasteiger partial charge is 0.0119 e. The molecule has 0 saturated carbocycles. The summed E-state index contributed by atoms with van der Waals surface area (Å²) in [5, 5.41) is 0. The molecule has 0 aliphatic rings. The van der Waals surface area contributed by atoms with Crippen LogP contribution in [0.15, 0.2) is 94.7 Å². The average molecular weight is 296 g/mol. The molecule has 0 atom stereocenters. The minimum atomic E-state index is 1.02. The van der Waals surface area contributed by atoms with Crippen molar-refractivity contribution in [2.75, 3.05) is 0 Å². The molecule has 0 saturated heterocycles. The van der Waals surface area contributed by atoms with Crippen molar-refractivity contribution >= 4 is 25.3 Å². The first kappa shape index (κ1) is 14.8. The van der Waals surface area contributed by atoms with Gasteiger partial charge in [0.25, 0.3) is 0 Å². The third kappa shape index (κ3) is 4.48. The van der Waals surface area contributed by atoms with Gasteiger partial charge in [0.05, 0.1) is 0 Å². The van der Waals surface area contributed by atoms with Gasteiger partial charge in [-0.1, -0.05) is 66.7 Å². The van der Waals surface area contributed by atoms with Gasteiger partial charge in [0, 0.05) is 9.79 Å². The average Bonchev–Trinajstić information content (AvgIpc) is 2.50. The minimum absolute atomic E-state index is 1.02. The van der Waals surface area contributed by atoms with Gasteiger partial charge >= 0.3 is 0 Å². The van der Waals surface area contributed by atoms with Crippen molar-refractivity contribution < 1.29 is 0 Å². The first-order chi connectivity index (χ1) is 9.77. The van der Waals surface area contributed by atoms with Crippen LogP contribution in [0.3, 0.4) is 0 Å². The van der Waals surface area contributed by atoms with E-state index in [2.05, 4.69) is 43.5 Å². The Balaban J connectivity index is 0.000000178. The third-order valence-corrected chi connectivity index (χ3v) is 3.43. The van der Waals surface area contributed by atoms with Gasteiger partial charge in [-0.2, -0.15) is 0 Å². The van der Waals surface area contributed by atoms with E-state index in [0.29, 0.717) is 0 Å². The van der Waals surface area contributed by atoms with E-state index in [1.54, 1.807) is 0 Å². The van der Waals surface area contributed by atoms with Gasteiger partial charge in [0.2, 0.25) is 0 Å². The van der Waals surface area contributed by atoms with Crippen LogP contribution < -0.4 is 0 Å². The summed E-state index contributed by atoms with van der Waals surface area (Å²) in [6.07, 6.45) is 0. The van der Waals surface area contributed by atoms with Crippen molar-refractivity contribution in [3.63, 3.8) is 0 Å². The zero-order valence-electron chi connectivity index (χ0n) is 11.0. The van der Waals surface area contributed by atoms with Crippen LogP contribution in [0.4, 0.5) is 0 Å². The molecule has 2 heteroatoms. The summed E-state index contributed by atoms with van der Waals surface area (Å²) < 4.78 is 0. The van der Waals surface area contributed by atoms with Gasteiger partial charge in [0.15, 0.2) is 0 Å². The molecule has 0 aromatic heterocycles. The van der Waals surface area contributed by atoms with E-state index in [1.807, 2.05) is 66.7 Å². The topological polar surface area (TPSA) is 0 Å². The SMILES string of the molecule is Sc1ccccc1.Sc1ccccc1-c1ccccc1. The van der Waals surface area contributed by atoms with Crippen LogP contribution in [0.5, 0.6) is 0 Å². The highest BCUT2D eigenvalue weighted by Gasteiger charge is 1.98. The highest BCUT2D eigenvalue weighted by atomic mass is 32.1. The predicted molar refractivity (Wildman–Crippen MR) is 92.8 cm³/mol. The fraction of sp³-hybridized carbons (Fsp3) is 0. The molecule has 3 aromatic carbocycles. The Morgan fingerprint density at radius 1 is 0.500 bits per heavy atom. The third-order valence-electron chi connectivity index (χ3n) is 2.75. The maximum Gasteiger partial charge on any atom is 0.0119 e. The number of hydrogen-bond donors (Lipinski definition) is 2. The molecule has 0 heterocycles. The van der Waals surface area contributed by atoms with E-state index in [0.717, 1.165) is 9.79 Å². The molecular weight excluding hydrogens is 280 g/mol. The fourth-order valence-corrected chi connectivity index (χ4v) is 2.23. The summed E-state index contributed by atoms with van der Waals surface area (Å²) in [7, 11) is 0. The maximum atomic E-state index is 4.41. The Morgan fingerprint density at radius 2 is 1.00 bits per heavy atom. The van der Waals surface area contributed by atoms with Gasteiger partial charge in [-0.25, -0.2) is 0 Å². The summed E-state index contributed by atoms with van der Waals surface area (Å²) in [5.41, 5.74) is 2.40. The molecular formula is C18H16S2. The molecule has 100 valence electrons. The number of hydrogen-bond acceptors (Lipinski definition) is 2. The highest BCUT2D eigenvalue weighted by molar-refractivity contribution is 7.80. The van der Waals surface area contributed by atoms with Gasteiger partial charge in [-0.05, 0) is 29.3 Å². The van der Waals surface area contributed by atoms with Crippen LogP contribution in [0, 0.1) is 0 Å². The highest BCUT2D eigenvalue weighted by Crippen LogP contribution is 2.25. The van der Waals surface area contributed by atoms with Gasteiger partial charge < -0.3 is 0 Å². The van der Waals surface area contributed by atoms with E-state index in [9.17, 15) is 0 Å². The molecule has 0 aliphatic carbocycles. The monoisotopic (exact) mass is 296 g/mol. The molecule has 20 heavy (non-hydrogen) atoms. The van der Waals surface area contributed by atoms with Crippen LogP contribution in [0.25, 0.3) is 11.1 Å². The number of thiol groups is 2. The van der Waals surface area contributed by atoms with E-state index >= 15 is 0 Å². The standard InChI is InChI=1S/C12H10S.C6H6S/c13-12-9-5-4-8-11(12)10-6-2-1-3-7-10;7-6-4-2-1-3-5-6/h1-9,13H;1-5,7H. The van der Waals surface area contributed by atoms with Gasteiger partial charge in [-0.3, -0.25) is 0 Å². The van der Waals surface area contributed by atoms with Crippen LogP contribution in [0.1, 0.15) is 0 Å². The van der Waals surface area contributed by atoms with Crippen LogP contribution in [-0.4, -0.2) is 0 Å². The summed E-state index contributed by atoms with van der Waals surface area (Å²) in [6, 6.07) is 28.2. The lowest BCUT2D eigenvalue weighted by molar-refractivity contribution is 1.46. The number of benzene rings is 3. The van der Waals surface area contributed by atoms with E-state index in [4.69, 9.17) is 0 Å². The lowest BCUT2D eigenvalue weighted by Gasteiger charge is -2.03. The Morgan fingerprint density at radius 3 is 1.50 bits per heavy atom. The molecule has 0 unspecified atom stereocenters. The Hall–Kier alpha value is -1.64. The minimum Gasteiger partial charge on any atom is -0.143 e. The first-order valence-electron chi connectivity index (χ1n) is 6.35. The van der Waals surface area contributed by atoms with Gasteiger partial charge in [0.1, 0.15) is 0 Å². The van der Waals surface area contributed by atoms with Gasteiger partial charge in [-0.15, -0.1) is 25.3 Å². The van der Waals surface area contributed by atoms with Crippen molar-refractivity contribution in [1.82, 2.24) is 0 Å². The molecule has 3 rings (SSSR count). The second-order valence-electron chi connectivity index (χ2n) is 4.22. The van der Waals surface area contributed by atoms with Crippen molar-refractivity contribution in [2.24, 2.45) is 0 Å². The first-order valence-corrected chi connectivity index (χ1v) is 7.24. The van der Waals surface area contributed by atoms with Crippen LogP contribution >= 0.6 is 25.3 Å². The largest absolute Gasteiger partial charge is 0.143 e. The van der Waals surface area contributed by atoms with E-state index in [1.165, 1.54) is 11.1 Å². The second kappa shape index (κ2) is 7.83. The lowest BCUT2D eigenvalue weighted by Crippen LogP contribution is -1.77. The molecule has 0 radical (unpaired) electrons. The van der Waals surface area contributed by atoms with Crippen molar-refractivity contribution in [3.05, 3.63) is 84.9 Å².